The zero-order valence-corrected chi connectivity index (χ0v) is 9.33. The number of nitrogens with one attached hydrogen (secondary N) is 1. The second-order valence-electron chi connectivity index (χ2n) is 3.96. The van der Waals surface area contributed by atoms with Gasteiger partial charge in [-0.2, -0.15) is 0 Å². The fraction of sp³-hybridized carbons (Fsp3) is 0.500. The lowest BCUT2D eigenvalue weighted by atomic mass is 10.2. The molecule has 1 saturated heterocycles. The van der Waals surface area contributed by atoms with E-state index < -0.39 is 0 Å². The van der Waals surface area contributed by atoms with E-state index in [2.05, 4.69) is 24.8 Å². The molecule has 3 N–H and O–H groups in total. The molecule has 3 heterocycles. The number of aromatic nitrogens is 4. The molecule has 1 fully saturated rings. The summed E-state index contributed by atoms with van der Waals surface area (Å²) in [5.74, 6) is 0.853. The highest BCUT2D eigenvalue weighted by Crippen LogP contribution is 2.22. The van der Waals surface area contributed by atoms with Gasteiger partial charge in [-0.1, -0.05) is 0 Å². The van der Waals surface area contributed by atoms with Crippen LogP contribution in [0.2, 0.25) is 0 Å². The van der Waals surface area contributed by atoms with Crippen LogP contribution in [0.15, 0.2) is 12.7 Å². The molecule has 1 unspecified atom stereocenters. The molecule has 2 aromatic heterocycles. The summed E-state index contributed by atoms with van der Waals surface area (Å²) in [4.78, 5) is 17.8. The Bertz CT molecular complexity index is 512. The normalized spacial score (nSPS) is 21.0. The Balaban J connectivity index is 2.04. The number of rotatable bonds is 2. The predicted molar refractivity (Wildman–Crippen MR) is 62.7 cm³/mol. The van der Waals surface area contributed by atoms with Crippen molar-refractivity contribution >= 4 is 17.0 Å². The zero-order valence-electron chi connectivity index (χ0n) is 9.33. The lowest BCUT2D eigenvalue weighted by molar-refractivity contribution is 0.0960. The van der Waals surface area contributed by atoms with Crippen LogP contribution in [-0.4, -0.2) is 52.3 Å². The van der Waals surface area contributed by atoms with Gasteiger partial charge in [0.05, 0.1) is 25.6 Å². The van der Waals surface area contributed by atoms with Crippen LogP contribution in [-0.2, 0) is 4.74 Å². The number of ether oxygens (including phenoxy) is 1. The molecule has 90 valence electrons. The fourth-order valence-electron chi connectivity index (χ4n) is 2.10. The van der Waals surface area contributed by atoms with Crippen molar-refractivity contribution in [3.05, 3.63) is 12.7 Å². The highest BCUT2D eigenvalue weighted by Gasteiger charge is 2.25. The molecule has 1 aliphatic rings. The Labute approximate surface area is 98.0 Å². The molecule has 0 aromatic carbocycles. The van der Waals surface area contributed by atoms with Crippen molar-refractivity contribution < 1.29 is 4.74 Å². The summed E-state index contributed by atoms with van der Waals surface area (Å²) in [5.41, 5.74) is 7.29. The van der Waals surface area contributed by atoms with Crippen molar-refractivity contribution in [2.75, 3.05) is 31.2 Å². The molecule has 1 aliphatic heterocycles. The topological polar surface area (TPSA) is 93.0 Å². The number of aromatic amines is 1. The Morgan fingerprint density at radius 2 is 2.41 bits per heavy atom. The van der Waals surface area contributed by atoms with Crippen LogP contribution in [0.25, 0.3) is 11.2 Å². The summed E-state index contributed by atoms with van der Waals surface area (Å²) in [5, 5.41) is 0. The van der Waals surface area contributed by atoms with E-state index in [-0.39, 0.29) is 6.04 Å². The third kappa shape index (κ3) is 1.73. The molecule has 0 amide bonds. The number of anilines is 1. The number of hydrogen-bond donors (Lipinski definition) is 2. The molecule has 7 heteroatoms. The van der Waals surface area contributed by atoms with Gasteiger partial charge in [0.15, 0.2) is 11.5 Å². The first-order valence-electron chi connectivity index (χ1n) is 5.58. The Morgan fingerprint density at radius 1 is 1.47 bits per heavy atom. The van der Waals surface area contributed by atoms with Gasteiger partial charge in [-0.25, -0.2) is 15.0 Å². The number of nitrogens with two attached hydrogens (primary N) is 1. The highest BCUT2D eigenvalue weighted by molar-refractivity contribution is 5.82. The third-order valence-corrected chi connectivity index (χ3v) is 2.97. The maximum atomic E-state index is 5.76. The lowest BCUT2D eigenvalue weighted by Crippen LogP contribution is -2.50. The van der Waals surface area contributed by atoms with Crippen LogP contribution in [0, 0.1) is 0 Å². The number of hydrogen-bond acceptors (Lipinski definition) is 6. The van der Waals surface area contributed by atoms with Crippen LogP contribution < -0.4 is 10.6 Å². The first-order chi connectivity index (χ1) is 8.40. The minimum atomic E-state index is 0.158. The molecule has 7 nitrogen and oxygen atoms in total. The molecule has 0 bridgehead atoms. The van der Waals surface area contributed by atoms with Gasteiger partial charge in [-0.05, 0) is 0 Å². The van der Waals surface area contributed by atoms with Crippen molar-refractivity contribution in [1.29, 1.82) is 0 Å². The summed E-state index contributed by atoms with van der Waals surface area (Å²) < 4.78 is 5.43. The van der Waals surface area contributed by atoms with E-state index in [0.29, 0.717) is 25.4 Å². The van der Waals surface area contributed by atoms with Crippen LogP contribution in [0.5, 0.6) is 0 Å². The second-order valence-corrected chi connectivity index (χ2v) is 3.96. The maximum Gasteiger partial charge on any atom is 0.182 e. The fourth-order valence-corrected chi connectivity index (χ4v) is 2.10. The van der Waals surface area contributed by atoms with E-state index in [0.717, 1.165) is 17.9 Å². The number of morpholine rings is 1. The first-order valence-corrected chi connectivity index (χ1v) is 5.58. The summed E-state index contributed by atoms with van der Waals surface area (Å²) >= 11 is 0. The van der Waals surface area contributed by atoms with Gasteiger partial charge in [0, 0.05) is 13.1 Å². The van der Waals surface area contributed by atoms with Crippen LogP contribution in [0.3, 0.4) is 0 Å². The minimum absolute atomic E-state index is 0.158. The average molecular weight is 234 g/mol. The molecule has 17 heavy (non-hydrogen) atoms. The summed E-state index contributed by atoms with van der Waals surface area (Å²) in [6.07, 6.45) is 3.16. The average Bonchev–Trinajstić information content (AvgIpc) is 2.86. The third-order valence-electron chi connectivity index (χ3n) is 2.97. The molecule has 1 atom stereocenters. The van der Waals surface area contributed by atoms with E-state index >= 15 is 0 Å². The van der Waals surface area contributed by atoms with E-state index in [1.54, 1.807) is 6.33 Å². The summed E-state index contributed by atoms with van der Waals surface area (Å²) in [6.45, 7) is 2.65. The molecule has 2 aromatic rings. The van der Waals surface area contributed by atoms with Gasteiger partial charge >= 0.3 is 0 Å². The van der Waals surface area contributed by atoms with Crippen molar-refractivity contribution in [2.24, 2.45) is 5.73 Å². The first kappa shape index (κ1) is 10.4. The van der Waals surface area contributed by atoms with Crippen molar-refractivity contribution in [2.45, 2.75) is 6.04 Å². The second kappa shape index (κ2) is 4.27. The van der Waals surface area contributed by atoms with Gasteiger partial charge in [-0.3, -0.25) is 0 Å². The predicted octanol–water partition coefficient (Wildman–Crippen LogP) is -0.483. The van der Waals surface area contributed by atoms with Crippen LogP contribution in [0.4, 0.5) is 5.82 Å². The van der Waals surface area contributed by atoms with Crippen molar-refractivity contribution in [1.82, 2.24) is 19.9 Å². The molecular weight excluding hydrogens is 220 g/mol. The van der Waals surface area contributed by atoms with E-state index in [4.69, 9.17) is 10.5 Å². The summed E-state index contributed by atoms with van der Waals surface area (Å²) in [6, 6.07) is 0.158. The van der Waals surface area contributed by atoms with Crippen molar-refractivity contribution in [3.8, 4) is 0 Å². The Kier molecular flexibility index (Phi) is 2.62. The van der Waals surface area contributed by atoms with Gasteiger partial charge in [-0.15, -0.1) is 0 Å². The van der Waals surface area contributed by atoms with Crippen LogP contribution >= 0.6 is 0 Å². The van der Waals surface area contributed by atoms with Gasteiger partial charge in [0.25, 0.3) is 0 Å². The van der Waals surface area contributed by atoms with E-state index in [9.17, 15) is 0 Å². The highest BCUT2D eigenvalue weighted by atomic mass is 16.5. The monoisotopic (exact) mass is 234 g/mol. The smallest absolute Gasteiger partial charge is 0.182 e. The maximum absolute atomic E-state index is 5.76. The van der Waals surface area contributed by atoms with Gasteiger partial charge < -0.3 is 20.4 Å². The minimum Gasteiger partial charge on any atom is -0.377 e. The summed E-state index contributed by atoms with van der Waals surface area (Å²) in [7, 11) is 0. The molecule has 0 spiro atoms. The van der Waals surface area contributed by atoms with E-state index in [1.807, 2.05) is 0 Å². The molecule has 3 rings (SSSR count). The SMILES string of the molecule is NCC1COCCN1c1ncnc2nc[nH]c12. The van der Waals surface area contributed by atoms with Crippen LogP contribution in [0.1, 0.15) is 0 Å². The molecular formula is C10H14N6O. The quantitative estimate of drug-likeness (QED) is 0.728. The standard InChI is InChI=1S/C10H14N6O/c11-3-7-4-17-2-1-16(7)10-8-9(13-5-12-8)14-6-15-10/h5-7H,1-4,11H2,(H,12,13,14,15). The molecule has 0 saturated carbocycles. The van der Waals surface area contributed by atoms with Gasteiger partial charge in [0.1, 0.15) is 11.8 Å². The number of imidazole rings is 1. The molecule has 0 radical (unpaired) electrons. The lowest BCUT2D eigenvalue weighted by Gasteiger charge is -2.35. The number of H-pyrrole nitrogens is 1. The Hall–Kier alpha value is -1.73. The van der Waals surface area contributed by atoms with Crippen molar-refractivity contribution in [3.63, 3.8) is 0 Å². The largest absolute Gasteiger partial charge is 0.377 e. The number of nitrogens with zero attached hydrogens (tertiary/aromatic N) is 4. The number of fused-ring (bicyclic) bond motifs is 1. The Morgan fingerprint density at radius 3 is 3.29 bits per heavy atom. The molecule has 0 aliphatic carbocycles. The zero-order chi connectivity index (χ0) is 11.7. The van der Waals surface area contributed by atoms with Gasteiger partial charge in [0.2, 0.25) is 0 Å². The van der Waals surface area contributed by atoms with E-state index in [1.165, 1.54) is 6.33 Å².